The molecule has 6 nitrogen and oxygen atoms in total. The Hall–Kier alpha value is -2.11. The second-order valence-corrected chi connectivity index (χ2v) is 23.1. The topological polar surface area (TPSA) is 78.9 Å². The molecule has 1 atom stereocenters. The van der Waals surface area contributed by atoms with E-state index in [1.165, 1.54) is 283 Å². The Balaban J connectivity index is 4.26. The van der Waals surface area contributed by atoms with Crippen LogP contribution in [0.25, 0.3) is 0 Å². The van der Waals surface area contributed by atoms with Crippen molar-refractivity contribution in [3.05, 3.63) is 24.3 Å². The lowest BCUT2D eigenvalue weighted by Gasteiger charge is -2.18. The number of unbranched alkanes of at least 4 members (excludes halogenated alkanes) is 48. The molecule has 0 aromatic carbocycles. The third kappa shape index (κ3) is 62.6. The molecule has 6 heteroatoms. The molecule has 0 radical (unpaired) electrons. The van der Waals surface area contributed by atoms with Gasteiger partial charge in [-0.25, -0.2) is 0 Å². The maximum Gasteiger partial charge on any atom is 0.306 e. The molecule has 0 aromatic rings. The van der Waals surface area contributed by atoms with Crippen LogP contribution in [0.4, 0.5) is 0 Å². The van der Waals surface area contributed by atoms with E-state index in [-0.39, 0.29) is 31.1 Å². The van der Waals surface area contributed by atoms with Gasteiger partial charge in [0.15, 0.2) is 6.10 Å². The molecule has 0 bridgehead atoms. The highest BCUT2D eigenvalue weighted by Gasteiger charge is 2.19. The molecule has 0 amide bonds. The van der Waals surface area contributed by atoms with Crippen LogP contribution < -0.4 is 0 Å². The monoisotopic (exact) mass is 1050 g/mol. The predicted molar refractivity (Wildman–Crippen MR) is 326 cm³/mol. The fraction of sp³-hybridized carbons (Fsp3) is 0.899. The zero-order valence-corrected chi connectivity index (χ0v) is 50.8. The zero-order valence-electron chi connectivity index (χ0n) is 50.8. The van der Waals surface area contributed by atoms with Gasteiger partial charge in [-0.3, -0.25) is 14.4 Å². The minimum absolute atomic E-state index is 0.0668. The predicted octanol–water partition coefficient (Wildman–Crippen LogP) is 23.0. The van der Waals surface area contributed by atoms with Gasteiger partial charge < -0.3 is 14.2 Å². The highest BCUT2D eigenvalue weighted by molar-refractivity contribution is 5.71. The summed E-state index contributed by atoms with van der Waals surface area (Å²) in [5, 5.41) is 0. The summed E-state index contributed by atoms with van der Waals surface area (Å²) in [5.41, 5.74) is 0. The number of ether oxygens (including phenoxy) is 3. The minimum Gasteiger partial charge on any atom is -0.462 e. The molecule has 0 rings (SSSR count). The quantitative estimate of drug-likeness (QED) is 0.0261. The largest absolute Gasteiger partial charge is 0.462 e. The van der Waals surface area contributed by atoms with E-state index in [4.69, 9.17) is 14.2 Å². The number of carbonyl (C=O) groups excluding carboxylic acids is 3. The maximum absolute atomic E-state index is 12.9. The van der Waals surface area contributed by atoms with Crippen molar-refractivity contribution < 1.29 is 28.6 Å². The van der Waals surface area contributed by atoms with Gasteiger partial charge in [-0.05, 0) is 70.6 Å². The van der Waals surface area contributed by atoms with Crippen molar-refractivity contribution in [2.24, 2.45) is 0 Å². The van der Waals surface area contributed by atoms with E-state index in [0.717, 1.165) is 57.8 Å². The van der Waals surface area contributed by atoms with Crippen molar-refractivity contribution in [1.29, 1.82) is 0 Å². The molecule has 0 heterocycles. The summed E-state index contributed by atoms with van der Waals surface area (Å²) in [6.45, 7) is 6.71. The van der Waals surface area contributed by atoms with Gasteiger partial charge in [-0.15, -0.1) is 0 Å². The fourth-order valence-corrected chi connectivity index (χ4v) is 10.3. The van der Waals surface area contributed by atoms with E-state index in [2.05, 4.69) is 45.1 Å². The second-order valence-electron chi connectivity index (χ2n) is 23.1. The maximum atomic E-state index is 12.9. The standard InChI is InChI=1S/C69H130O6/c1-4-7-10-13-16-19-22-25-27-29-31-33-34-36-37-39-41-44-47-50-53-56-59-62-68(71)74-65-66(64-73-67(70)61-58-55-52-49-46-43-24-21-18-15-12-9-6-3)75-69(72)63-60-57-54-51-48-45-42-40-38-35-32-30-28-26-23-20-17-14-11-8-5-2/h29-32,66H,4-28,33-65H2,1-3H3/b31-29-,32-30-. The van der Waals surface area contributed by atoms with Crippen molar-refractivity contribution >= 4 is 17.9 Å². The summed E-state index contributed by atoms with van der Waals surface area (Å²) in [5.74, 6) is -0.841. The average molecular weight is 1060 g/mol. The lowest BCUT2D eigenvalue weighted by molar-refractivity contribution is -0.167. The zero-order chi connectivity index (χ0) is 54.3. The number of carbonyl (C=O) groups is 3. The highest BCUT2D eigenvalue weighted by atomic mass is 16.6. The molecule has 442 valence electrons. The molecule has 75 heavy (non-hydrogen) atoms. The normalized spacial score (nSPS) is 12.1. The van der Waals surface area contributed by atoms with Crippen molar-refractivity contribution in [2.45, 2.75) is 386 Å². The Bertz CT molecular complexity index is 1210. The summed E-state index contributed by atoms with van der Waals surface area (Å²) < 4.78 is 17.0. The van der Waals surface area contributed by atoms with E-state index in [9.17, 15) is 14.4 Å². The molecule has 0 aliphatic carbocycles. The number of allylic oxidation sites excluding steroid dienone is 4. The first-order valence-corrected chi connectivity index (χ1v) is 33.8. The fourth-order valence-electron chi connectivity index (χ4n) is 10.3. The molecule has 0 fully saturated rings. The molecular weight excluding hydrogens is 925 g/mol. The summed E-state index contributed by atoms with van der Waals surface area (Å²) >= 11 is 0. The van der Waals surface area contributed by atoms with Gasteiger partial charge in [0.25, 0.3) is 0 Å². The van der Waals surface area contributed by atoms with Gasteiger partial charge in [-0.2, -0.15) is 0 Å². The first kappa shape index (κ1) is 72.9. The van der Waals surface area contributed by atoms with E-state index in [1.54, 1.807) is 0 Å². The molecular formula is C69H130O6. The lowest BCUT2D eigenvalue weighted by Crippen LogP contribution is -2.30. The van der Waals surface area contributed by atoms with E-state index < -0.39 is 6.10 Å². The van der Waals surface area contributed by atoms with Crippen LogP contribution in [-0.4, -0.2) is 37.2 Å². The van der Waals surface area contributed by atoms with Gasteiger partial charge in [0.2, 0.25) is 0 Å². The van der Waals surface area contributed by atoms with Crippen LogP contribution in [0.2, 0.25) is 0 Å². The Morgan fingerprint density at radius 1 is 0.253 bits per heavy atom. The first-order valence-electron chi connectivity index (χ1n) is 33.8. The molecule has 0 aliphatic heterocycles. The van der Waals surface area contributed by atoms with Gasteiger partial charge in [0, 0.05) is 19.3 Å². The van der Waals surface area contributed by atoms with Crippen LogP contribution in [0.1, 0.15) is 380 Å². The average Bonchev–Trinajstić information content (AvgIpc) is 3.41. The van der Waals surface area contributed by atoms with Crippen LogP contribution in [-0.2, 0) is 28.6 Å². The smallest absolute Gasteiger partial charge is 0.306 e. The van der Waals surface area contributed by atoms with E-state index >= 15 is 0 Å². The SMILES string of the molecule is CCCCCCCCCC/C=C\CCCCCCCCCCCCCC(=O)OCC(COC(=O)CCCCCCCCCCCCCCC)OC(=O)CCCCCCCCCCC/C=C\CCCCCCCCCC. The molecule has 0 aromatic heterocycles. The summed E-state index contributed by atoms with van der Waals surface area (Å²) in [6, 6.07) is 0. The first-order chi connectivity index (χ1) is 37.0. The third-order valence-electron chi connectivity index (χ3n) is 15.4. The second kappa shape index (κ2) is 64.4. The summed E-state index contributed by atoms with van der Waals surface area (Å²) in [4.78, 5) is 38.4. The van der Waals surface area contributed by atoms with Crippen molar-refractivity contribution in [3.63, 3.8) is 0 Å². The molecule has 0 saturated carbocycles. The lowest BCUT2D eigenvalue weighted by atomic mass is 10.0. The number of hydrogen-bond donors (Lipinski definition) is 0. The molecule has 0 spiro atoms. The van der Waals surface area contributed by atoms with Gasteiger partial charge in [-0.1, -0.05) is 315 Å². The highest BCUT2D eigenvalue weighted by Crippen LogP contribution is 2.18. The molecule has 0 aliphatic rings. The van der Waals surface area contributed by atoms with Crippen molar-refractivity contribution in [1.82, 2.24) is 0 Å². The number of esters is 3. The Labute approximate surface area is 468 Å². The Morgan fingerprint density at radius 2 is 0.440 bits per heavy atom. The van der Waals surface area contributed by atoms with Gasteiger partial charge in [0.1, 0.15) is 13.2 Å². The van der Waals surface area contributed by atoms with Crippen molar-refractivity contribution in [2.75, 3.05) is 13.2 Å². The van der Waals surface area contributed by atoms with Crippen molar-refractivity contribution in [3.8, 4) is 0 Å². The van der Waals surface area contributed by atoms with Crippen LogP contribution in [0, 0.1) is 0 Å². The number of rotatable bonds is 63. The Kier molecular flexibility index (Phi) is 62.6. The summed E-state index contributed by atoms with van der Waals surface area (Å²) in [6.07, 6.45) is 77.6. The number of hydrogen-bond acceptors (Lipinski definition) is 6. The van der Waals surface area contributed by atoms with Gasteiger partial charge >= 0.3 is 17.9 Å². The summed E-state index contributed by atoms with van der Waals surface area (Å²) in [7, 11) is 0. The van der Waals surface area contributed by atoms with Crippen LogP contribution in [0.5, 0.6) is 0 Å². The molecule has 1 unspecified atom stereocenters. The Morgan fingerprint density at radius 3 is 0.667 bits per heavy atom. The van der Waals surface area contributed by atoms with Crippen LogP contribution in [0.15, 0.2) is 24.3 Å². The van der Waals surface area contributed by atoms with Gasteiger partial charge in [0.05, 0.1) is 0 Å². The van der Waals surface area contributed by atoms with E-state index in [0.29, 0.717) is 19.3 Å². The molecule has 0 saturated heterocycles. The minimum atomic E-state index is -0.770. The third-order valence-corrected chi connectivity index (χ3v) is 15.4. The molecule has 0 N–H and O–H groups in total. The van der Waals surface area contributed by atoms with Crippen LogP contribution >= 0.6 is 0 Å². The van der Waals surface area contributed by atoms with E-state index in [1.807, 2.05) is 0 Å². The van der Waals surface area contributed by atoms with Crippen LogP contribution in [0.3, 0.4) is 0 Å².